The number of nitrogens with zero attached hydrogens (tertiary/aromatic N) is 5. The van der Waals surface area contributed by atoms with E-state index in [-0.39, 0.29) is 41.5 Å². The number of rotatable bonds is 5. The highest BCUT2D eigenvalue weighted by atomic mass is 19.1. The number of imidazole rings is 2. The van der Waals surface area contributed by atoms with Crippen LogP contribution in [0.1, 0.15) is 101 Å². The van der Waals surface area contributed by atoms with Crippen molar-refractivity contribution in [3.8, 4) is 0 Å². The molecule has 7 nitrogen and oxygen atoms in total. The van der Waals surface area contributed by atoms with Crippen molar-refractivity contribution in [2.24, 2.45) is 0 Å². The molecular formula is C36H41F2N7. The Bertz CT molecular complexity index is 1750. The Morgan fingerprint density at radius 3 is 1.58 bits per heavy atom. The smallest absolute Gasteiger partial charge is 0.128 e. The van der Waals surface area contributed by atoms with E-state index in [9.17, 15) is 8.78 Å². The summed E-state index contributed by atoms with van der Waals surface area (Å²) in [5.74, 6) is 1.38. The van der Waals surface area contributed by atoms with Crippen LogP contribution in [-0.2, 0) is 5.41 Å². The van der Waals surface area contributed by atoms with Gasteiger partial charge in [-0.1, -0.05) is 32.9 Å². The lowest BCUT2D eigenvalue weighted by Gasteiger charge is -2.36. The predicted octanol–water partition coefficient (Wildman–Crippen LogP) is 7.81. The van der Waals surface area contributed by atoms with E-state index in [4.69, 9.17) is 9.97 Å². The second-order valence-corrected chi connectivity index (χ2v) is 14.0. The van der Waals surface area contributed by atoms with Crippen LogP contribution in [0.3, 0.4) is 0 Å². The molecular weight excluding hydrogens is 568 g/mol. The number of aromatic nitrogens is 4. The van der Waals surface area contributed by atoms with E-state index in [1.165, 1.54) is 5.56 Å². The summed E-state index contributed by atoms with van der Waals surface area (Å²) in [6.45, 7) is 8.60. The second kappa shape index (κ2) is 10.9. The Morgan fingerprint density at radius 2 is 1.16 bits per heavy atom. The Morgan fingerprint density at radius 1 is 0.667 bits per heavy atom. The van der Waals surface area contributed by atoms with Crippen molar-refractivity contribution in [2.45, 2.75) is 89.1 Å². The Hall–Kier alpha value is -3.82. The average Bonchev–Trinajstić information content (AvgIpc) is 3.85. The van der Waals surface area contributed by atoms with Gasteiger partial charge in [0.2, 0.25) is 0 Å². The van der Waals surface area contributed by atoms with Gasteiger partial charge in [-0.2, -0.15) is 0 Å². The Balaban J connectivity index is 1.33. The van der Waals surface area contributed by atoms with Crippen LogP contribution in [0.25, 0.3) is 22.1 Å². The minimum atomic E-state index is -0.275. The standard InChI is InChI=1S/C36H41F2N7/c1-36(2,3)22-8-12-25(13-9-22)43-32(44-30-14-10-23(37)20-28(30)41-34(44)26-6-4-18-39-26)16-17-33(43)45-31-15-11-24(38)21-29(31)42-35(45)27-7-5-19-40-27/h8-15,20-21,26-27,32-33,39-40H,4-7,16-19H2,1-3H3/t26-,27-,32+,33+/m0/s1. The number of fused-ring (bicyclic) bond motifs is 2. The third-order valence-electron chi connectivity index (χ3n) is 10.1. The highest BCUT2D eigenvalue weighted by Crippen LogP contribution is 2.47. The molecule has 5 aromatic rings. The molecule has 0 radical (unpaired) electrons. The maximum absolute atomic E-state index is 14.5. The molecule has 0 aliphatic carbocycles. The number of hydrogen-bond acceptors (Lipinski definition) is 5. The first-order chi connectivity index (χ1) is 21.8. The monoisotopic (exact) mass is 609 g/mol. The van der Waals surface area contributed by atoms with E-state index >= 15 is 0 Å². The molecule has 9 heteroatoms. The summed E-state index contributed by atoms with van der Waals surface area (Å²) >= 11 is 0. The predicted molar refractivity (Wildman–Crippen MR) is 174 cm³/mol. The van der Waals surface area contributed by atoms with Gasteiger partial charge in [0.25, 0.3) is 0 Å². The van der Waals surface area contributed by atoms with Crippen LogP contribution < -0.4 is 15.5 Å². The van der Waals surface area contributed by atoms with Gasteiger partial charge in [0, 0.05) is 17.8 Å². The summed E-state index contributed by atoms with van der Waals surface area (Å²) in [4.78, 5) is 12.6. The van der Waals surface area contributed by atoms with Gasteiger partial charge < -0.3 is 24.7 Å². The molecule has 3 aliphatic rings. The van der Waals surface area contributed by atoms with Gasteiger partial charge >= 0.3 is 0 Å². The van der Waals surface area contributed by atoms with Crippen molar-refractivity contribution >= 4 is 27.8 Å². The van der Waals surface area contributed by atoms with Crippen LogP contribution in [0.15, 0.2) is 60.7 Å². The van der Waals surface area contributed by atoms with Gasteiger partial charge in [-0.25, -0.2) is 18.7 Å². The fraction of sp³-hybridized carbons (Fsp3) is 0.444. The summed E-state index contributed by atoms with van der Waals surface area (Å²) < 4.78 is 33.7. The summed E-state index contributed by atoms with van der Waals surface area (Å²) in [6, 6.07) is 19.1. The molecule has 3 aliphatic heterocycles. The van der Waals surface area contributed by atoms with Crippen LogP contribution in [-0.4, -0.2) is 32.2 Å². The van der Waals surface area contributed by atoms with Gasteiger partial charge in [-0.3, -0.25) is 0 Å². The third kappa shape index (κ3) is 4.91. The molecule has 0 saturated carbocycles. The zero-order valence-electron chi connectivity index (χ0n) is 26.2. The Labute approximate surface area is 262 Å². The zero-order valence-corrected chi connectivity index (χ0v) is 26.2. The number of benzene rings is 3. The summed E-state index contributed by atoms with van der Waals surface area (Å²) in [6.07, 6.45) is 5.77. The van der Waals surface area contributed by atoms with Gasteiger partial charge in [-0.05, 0) is 99.0 Å². The lowest BCUT2D eigenvalue weighted by molar-refractivity contribution is 0.432. The molecule has 45 heavy (non-hydrogen) atoms. The molecule has 2 aromatic heterocycles. The van der Waals surface area contributed by atoms with Gasteiger partial charge in [-0.15, -0.1) is 0 Å². The molecule has 3 saturated heterocycles. The highest BCUT2D eigenvalue weighted by Gasteiger charge is 2.41. The Kier molecular flexibility index (Phi) is 6.95. The summed E-state index contributed by atoms with van der Waals surface area (Å²) in [5.41, 5.74) is 5.67. The van der Waals surface area contributed by atoms with Crippen molar-refractivity contribution < 1.29 is 8.78 Å². The normalized spacial score (nSPS) is 24.1. The molecule has 2 N–H and O–H groups in total. The van der Waals surface area contributed by atoms with Crippen LogP contribution in [0.5, 0.6) is 0 Å². The SMILES string of the molecule is CC(C)(C)c1ccc(N2[C@H](n3c([C@@H]4CCCN4)nc4cc(F)ccc43)CC[C@H]2n2c([C@@H]3CCCN3)nc3cc(F)ccc32)cc1. The fourth-order valence-electron chi connectivity index (χ4n) is 7.87. The third-order valence-corrected chi connectivity index (χ3v) is 10.1. The van der Waals surface area contributed by atoms with Gasteiger partial charge in [0.05, 0.1) is 34.2 Å². The maximum Gasteiger partial charge on any atom is 0.128 e. The summed E-state index contributed by atoms with van der Waals surface area (Å²) in [5, 5.41) is 7.30. The first-order valence-corrected chi connectivity index (χ1v) is 16.5. The van der Waals surface area contributed by atoms with E-state index in [0.717, 1.165) is 80.0 Å². The number of anilines is 1. The first-order valence-electron chi connectivity index (χ1n) is 16.5. The van der Waals surface area contributed by atoms with E-state index in [1.54, 1.807) is 24.3 Å². The average molecular weight is 610 g/mol. The van der Waals surface area contributed by atoms with E-state index in [1.807, 2.05) is 12.1 Å². The molecule has 5 heterocycles. The summed E-state index contributed by atoms with van der Waals surface area (Å²) in [7, 11) is 0. The van der Waals surface area contributed by atoms with Gasteiger partial charge in [0.15, 0.2) is 0 Å². The highest BCUT2D eigenvalue weighted by molar-refractivity contribution is 5.78. The number of halogens is 2. The molecule has 0 spiro atoms. The van der Waals surface area contributed by atoms with Crippen LogP contribution >= 0.6 is 0 Å². The quantitative estimate of drug-likeness (QED) is 0.213. The topological polar surface area (TPSA) is 62.9 Å². The molecule has 3 fully saturated rings. The van der Waals surface area contributed by atoms with Crippen LogP contribution in [0.2, 0.25) is 0 Å². The van der Waals surface area contributed by atoms with Crippen LogP contribution in [0, 0.1) is 11.6 Å². The lowest BCUT2D eigenvalue weighted by atomic mass is 9.87. The second-order valence-electron chi connectivity index (χ2n) is 14.0. The van der Waals surface area contributed by atoms with Gasteiger partial charge in [0.1, 0.15) is 35.6 Å². The molecule has 4 atom stereocenters. The van der Waals surface area contributed by atoms with E-state index in [0.29, 0.717) is 11.0 Å². The first kappa shape index (κ1) is 28.6. The maximum atomic E-state index is 14.5. The van der Waals surface area contributed by atoms with Crippen molar-refractivity contribution in [2.75, 3.05) is 18.0 Å². The van der Waals surface area contributed by atoms with Crippen molar-refractivity contribution in [3.63, 3.8) is 0 Å². The molecule has 8 rings (SSSR count). The number of hydrogen-bond donors (Lipinski definition) is 2. The zero-order chi connectivity index (χ0) is 30.9. The number of nitrogens with one attached hydrogen (secondary N) is 2. The minimum absolute atomic E-state index is 0.0280. The molecule has 0 bridgehead atoms. The molecule has 3 aromatic carbocycles. The fourth-order valence-corrected chi connectivity index (χ4v) is 7.87. The molecule has 0 unspecified atom stereocenters. The molecule has 0 amide bonds. The lowest BCUT2D eigenvalue weighted by Crippen LogP contribution is -2.35. The largest absolute Gasteiger partial charge is 0.330 e. The van der Waals surface area contributed by atoms with Crippen molar-refractivity contribution in [1.29, 1.82) is 0 Å². The molecule has 234 valence electrons. The van der Waals surface area contributed by atoms with Crippen molar-refractivity contribution in [1.82, 2.24) is 29.7 Å². The van der Waals surface area contributed by atoms with Crippen LogP contribution in [0.4, 0.5) is 14.5 Å². The van der Waals surface area contributed by atoms with E-state index < -0.39 is 0 Å². The minimum Gasteiger partial charge on any atom is -0.330 e. The van der Waals surface area contributed by atoms with E-state index in [2.05, 4.69) is 69.7 Å². The van der Waals surface area contributed by atoms with Crippen molar-refractivity contribution in [3.05, 3.63) is 89.5 Å².